The summed E-state index contributed by atoms with van der Waals surface area (Å²) in [6.45, 7) is 3.81. The molecule has 0 bridgehead atoms. The molecule has 0 saturated heterocycles. The van der Waals surface area contributed by atoms with Gasteiger partial charge >= 0.3 is 5.97 Å². The topological polar surface area (TPSA) is 59.4 Å². The van der Waals surface area contributed by atoms with E-state index in [-0.39, 0.29) is 6.42 Å². The average molecular weight is 271 g/mol. The molecular weight excluding hydrogens is 254 g/mol. The highest BCUT2D eigenvalue weighted by molar-refractivity contribution is 5.71. The van der Waals surface area contributed by atoms with Gasteiger partial charge < -0.3 is 9.84 Å². The molecule has 2 aromatic rings. The molecule has 4 heteroatoms. The van der Waals surface area contributed by atoms with Gasteiger partial charge in [-0.25, -0.2) is 0 Å². The number of hydrogen-bond donors (Lipinski definition) is 1. The van der Waals surface area contributed by atoms with E-state index in [1.807, 2.05) is 44.2 Å². The van der Waals surface area contributed by atoms with Gasteiger partial charge in [0.25, 0.3) is 0 Å². The molecule has 1 aromatic heterocycles. The minimum Gasteiger partial charge on any atom is -0.496 e. The average Bonchev–Trinajstić information content (AvgIpc) is 2.40. The van der Waals surface area contributed by atoms with E-state index in [0.717, 1.165) is 33.8 Å². The number of carboxylic acids is 1. The highest BCUT2D eigenvalue weighted by Crippen LogP contribution is 2.25. The zero-order valence-corrected chi connectivity index (χ0v) is 11.8. The molecule has 104 valence electrons. The first-order chi connectivity index (χ1) is 9.51. The van der Waals surface area contributed by atoms with Crippen LogP contribution in [-0.4, -0.2) is 23.2 Å². The Balaban J connectivity index is 2.36. The number of hydrogen-bond acceptors (Lipinski definition) is 3. The van der Waals surface area contributed by atoms with Crippen molar-refractivity contribution in [2.24, 2.45) is 0 Å². The van der Waals surface area contributed by atoms with Gasteiger partial charge in [0.15, 0.2) is 0 Å². The predicted molar refractivity (Wildman–Crippen MR) is 77.0 cm³/mol. The van der Waals surface area contributed by atoms with Crippen molar-refractivity contribution in [3.63, 3.8) is 0 Å². The van der Waals surface area contributed by atoms with Crippen LogP contribution in [0.25, 0.3) is 11.3 Å². The maximum atomic E-state index is 10.7. The second-order valence-corrected chi connectivity index (χ2v) is 4.70. The molecule has 0 aliphatic heterocycles. The van der Waals surface area contributed by atoms with Crippen molar-refractivity contribution in [1.82, 2.24) is 4.98 Å². The fourth-order valence-corrected chi connectivity index (χ4v) is 2.14. The van der Waals surface area contributed by atoms with Crippen molar-refractivity contribution in [3.8, 4) is 17.0 Å². The van der Waals surface area contributed by atoms with E-state index >= 15 is 0 Å². The third-order valence-corrected chi connectivity index (χ3v) is 3.23. The Morgan fingerprint density at radius 1 is 1.25 bits per heavy atom. The number of pyridine rings is 1. The smallest absolute Gasteiger partial charge is 0.307 e. The predicted octanol–water partition coefficient (Wildman–Crippen LogP) is 3.00. The monoisotopic (exact) mass is 271 g/mol. The van der Waals surface area contributed by atoms with Crippen molar-refractivity contribution in [2.45, 2.75) is 20.3 Å². The number of ether oxygens (including phenoxy) is 1. The van der Waals surface area contributed by atoms with Crippen LogP contribution in [0.4, 0.5) is 0 Å². The largest absolute Gasteiger partial charge is 0.496 e. The van der Waals surface area contributed by atoms with Crippen LogP contribution in [0.5, 0.6) is 5.75 Å². The molecule has 0 aliphatic rings. The molecule has 0 aliphatic carbocycles. The summed E-state index contributed by atoms with van der Waals surface area (Å²) in [5.41, 5.74) is 4.36. The molecule has 20 heavy (non-hydrogen) atoms. The lowest BCUT2D eigenvalue weighted by molar-refractivity contribution is -0.136. The summed E-state index contributed by atoms with van der Waals surface area (Å²) < 4.78 is 5.24. The van der Waals surface area contributed by atoms with E-state index < -0.39 is 5.97 Å². The standard InChI is InChI=1S/C16H17NO3/c1-10-8-13(5-7-15(10)20-3)14-6-4-12(9-16(18)19)11(2)17-14/h4-8H,9H2,1-3H3,(H,18,19). The maximum Gasteiger partial charge on any atom is 0.307 e. The first-order valence-electron chi connectivity index (χ1n) is 6.34. The van der Waals surface area contributed by atoms with E-state index in [9.17, 15) is 4.79 Å². The normalized spacial score (nSPS) is 10.3. The number of aliphatic carboxylic acids is 1. The zero-order valence-electron chi connectivity index (χ0n) is 11.8. The minimum absolute atomic E-state index is 0.000748. The molecule has 1 N–H and O–H groups in total. The van der Waals surface area contributed by atoms with Gasteiger partial charge in [-0.05, 0) is 49.2 Å². The van der Waals surface area contributed by atoms with Crippen LogP contribution in [-0.2, 0) is 11.2 Å². The lowest BCUT2D eigenvalue weighted by Gasteiger charge is -2.09. The number of methoxy groups -OCH3 is 1. The summed E-state index contributed by atoms with van der Waals surface area (Å²) >= 11 is 0. The van der Waals surface area contributed by atoms with E-state index in [1.54, 1.807) is 7.11 Å². The van der Waals surface area contributed by atoms with Gasteiger partial charge in [-0.3, -0.25) is 9.78 Å². The van der Waals surface area contributed by atoms with Gasteiger partial charge in [-0.2, -0.15) is 0 Å². The molecule has 0 spiro atoms. The summed E-state index contributed by atoms with van der Waals surface area (Å²) in [4.78, 5) is 15.2. The van der Waals surface area contributed by atoms with Crippen LogP contribution >= 0.6 is 0 Å². The quantitative estimate of drug-likeness (QED) is 0.928. The fraction of sp³-hybridized carbons (Fsp3) is 0.250. The third kappa shape index (κ3) is 2.96. The minimum atomic E-state index is -0.844. The molecule has 2 rings (SSSR count). The number of carbonyl (C=O) groups is 1. The van der Waals surface area contributed by atoms with E-state index in [2.05, 4.69) is 4.98 Å². The number of nitrogens with zero attached hydrogens (tertiary/aromatic N) is 1. The second-order valence-electron chi connectivity index (χ2n) is 4.70. The van der Waals surface area contributed by atoms with Crippen molar-refractivity contribution < 1.29 is 14.6 Å². The summed E-state index contributed by atoms with van der Waals surface area (Å²) in [5, 5.41) is 8.83. The summed E-state index contributed by atoms with van der Waals surface area (Å²) in [7, 11) is 1.64. The number of rotatable bonds is 4. The summed E-state index contributed by atoms with van der Waals surface area (Å²) in [6, 6.07) is 9.55. The number of aromatic nitrogens is 1. The van der Waals surface area contributed by atoms with E-state index in [1.165, 1.54) is 0 Å². The molecule has 1 heterocycles. The Morgan fingerprint density at radius 2 is 2.00 bits per heavy atom. The molecular formula is C16H17NO3. The molecule has 4 nitrogen and oxygen atoms in total. The molecule has 0 amide bonds. The Labute approximate surface area is 118 Å². The zero-order chi connectivity index (χ0) is 14.7. The molecule has 0 atom stereocenters. The summed E-state index contributed by atoms with van der Waals surface area (Å²) in [5.74, 6) is -0.00379. The van der Waals surface area contributed by atoms with Crippen molar-refractivity contribution >= 4 is 5.97 Å². The van der Waals surface area contributed by atoms with Gasteiger partial charge in [0.05, 0.1) is 19.2 Å². The van der Waals surface area contributed by atoms with Crippen molar-refractivity contribution in [3.05, 3.63) is 47.2 Å². The van der Waals surface area contributed by atoms with Gasteiger partial charge in [0.1, 0.15) is 5.75 Å². The maximum absolute atomic E-state index is 10.7. The Morgan fingerprint density at radius 3 is 2.55 bits per heavy atom. The van der Waals surface area contributed by atoms with Crippen LogP contribution in [0.15, 0.2) is 30.3 Å². The Kier molecular flexibility index (Phi) is 4.03. The van der Waals surface area contributed by atoms with Gasteiger partial charge in [-0.15, -0.1) is 0 Å². The van der Waals surface area contributed by atoms with Crippen LogP contribution < -0.4 is 4.74 Å². The van der Waals surface area contributed by atoms with Crippen LogP contribution in [0.1, 0.15) is 16.8 Å². The molecule has 0 unspecified atom stereocenters. The van der Waals surface area contributed by atoms with Crippen LogP contribution in [0.3, 0.4) is 0 Å². The highest BCUT2D eigenvalue weighted by Gasteiger charge is 2.08. The molecule has 1 aromatic carbocycles. The SMILES string of the molecule is COc1ccc(-c2ccc(CC(=O)O)c(C)n2)cc1C. The first kappa shape index (κ1) is 14.1. The van der Waals surface area contributed by atoms with Gasteiger partial charge in [0.2, 0.25) is 0 Å². The van der Waals surface area contributed by atoms with Gasteiger partial charge in [0, 0.05) is 11.3 Å². The number of carboxylic acid groups (broad SMARTS) is 1. The van der Waals surface area contributed by atoms with E-state index in [4.69, 9.17) is 9.84 Å². The highest BCUT2D eigenvalue weighted by atomic mass is 16.5. The number of aryl methyl sites for hydroxylation is 2. The molecule has 0 radical (unpaired) electrons. The lowest BCUT2D eigenvalue weighted by Crippen LogP contribution is -2.03. The number of benzene rings is 1. The van der Waals surface area contributed by atoms with Gasteiger partial charge in [-0.1, -0.05) is 6.07 Å². The Hall–Kier alpha value is -2.36. The van der Waals surface area contributed by atoms with Crippen LogP contribution in [0, 0.1) is 13.8 Å². The summed E-state index contributed by atoms with van der Waals surface area (Å²) in [6.07, 6.45) is 0.000748. The third-order valence-electron chi connectivity index (χ3n) is 3.23. The lowest BCUT2D eigenvalue weighted by atomic mass is 10.0. The Bertz CT molecular complexity index is 650. The fourth-order valence-electron chi connectivity index (χ4n) is 2.14. The van der Waals surface area contributed by atoms with Crippen molar-refractivity contribution in [2.75, 3.05) is 7.11 Å². The second kappa shape index (κ2) is 5.74. The van der Waals surface area contributed by atoms with E-state index in [0.29, 0.717) is 0 Å². The van der Waals surface area contributed by atoms with Crippen molar-refractivity contribution in [1.29, 1.82) is 0 Å². The van der Waals surface area contributed by atoms with Crippen LogP contribution in [0.2, 0.25) is 0 Å². The molecule has 0 saturated carbocycles. The molecule has 0 fully saturated rings. The first-order valence-corrected chi connectivity index (χ1v) is 6.34.